The number of imidazole rings is 1. The molecule has 0 saturated carbocycles. The zero-order chi connectivity index (χ0) is 18.1. The first kappa shape index (κ1) is 16.9. The summed E-state index contributed by atoms with van der Waals surface area (Å²) < 4.78 is 0. The number of rotatable bonds is 2. The molecule has 0 bridgehead atoms. The zero-order valence-corrected chi connectivity index (χ0v) is 15.4. The summed E-state index contributed by atoms with van der Waals surface area (Å²) in [6.07, 6.45) is 1.99. The molecular formula is C20H21ClN4O. The zero-order valence-electron chi connectivity index (χ0n) is 14.6. The number of hydrogen-bond acceptors (Lipinski definition) is 2. The molecule has 26 heavy (non-hydrogen) atoms. The molecule has 3 aromatic rings. The molecule has 1 atom stereocenters. The summed E-state index contributed by atoms with van der Waals surface area (Å²) >= 11 is 6.05. The molecule has 1 aliphatic rings. The quantitative estimate of drug-likeness (QED) is 0.673. The van der Waals surface area contributed by atoms with Crippen LogP contribution in [0.3, 0.4) is 0 Å². The van der Waals surface area contributed by atoms with E-state index >= 15 is 0 Å². The standard InChI is InChI=1S/C20H21ClN4O/c1-13-8-9-15(21)11-18(13)24-20(26)25-10-4-5-14(12-25)19-22-16-6-2-3-7-17(16)23-19/h2-3,6-9,11,14H,4-5,10,12H2,1H3,(H,22,23)(H,24,26). The number of aromatic nitrogens is 2. The third-order valence-electron chi connectivity index (χ3n) is 4.94. The van der Waals surface area contributed by atoms with E-state index in [1.165, 1.54) is 0 Å². The van der Waals surface area contributed by atoms with E-state index in [9.17, 15) is 4.79 Å². The molecule has 134 valence electrons. The average Bonchev–Trinajstić information content (AvgIpc) is 3.09. The Morgan fingerprint density at radius 2 is 2.15 bits per heavy atom. The molecule has 4 rings (SSSR count). The van der Waals surface area contributed by atoms with Gasteiger partial charge in [0.05, 0.1) is 11.0 Å². The van der Waals surface area contributed by atoms with Crippen molar-refractivity contribution in [3.63, 3.8) is 0 Å². The molecule has 0 spiro atoms. The number of fused-ring (bicyclic) bond motifs is 1. The fourth-order valence-corrected chi connectivity index (χ4v) is 3.65. The Balaban J connectivity index is 1.49. The number of carbonyl (C=O) groups excluding carboxylic acids is 1. The van der Waals surface area contributed by atoms with Gasteiger partial charge in [-0.3, -0.25) is 0 Å². The van der Waals surface area contributed by atoms with Crippen LogP contribution >= 0.6 is 11.6 Å². The number of nitrogens with zero attached hydrogens (tertiary/aromatic N) is 2. The number of aryl methyl sites for hydroxylation is 1. The van der Waals surface area contributed by atoms with Crippen molar-refractivity contribution in [1.29, 1.82) is 0 Å². The molecule has 5 nitrogen and oxygen atoms in total. The number of piperidine rings is 1. The van der Waals surface area contributed by atoms with E-state index in [-0.39, 0.29) is 11.9 Å². The summed E-state index contributed by atoms with van der Waals surface area (Å²) in [5.41, 5.74) is 3.76. The van der Waals surface area contributed by atoms with Crippen LogP contribution in [-0.2, 0) is 0 Å². The van der Waals surface area contributed by atoms with Crippen LogP contribution in [-0.4, -0.2) is 34.0 Å². The summed E-state index contributed by atoms with van der Waals surface area (Å²) in [6, 6.07) is 13.5. The molecule has 2 aromatic carbocycles. The molecule has 6 heteroatoms. The van der Waals surface area contributed by atoms with Gasteiger partial charge in [-0.05, 0) is 49.6 Å². The van der Waals surface area contributed by atoms with E-state index in [0.29, 0.717) is 11.6 Å². The number of carbonyl (C=O) groups is 1. The van der Waals surface area contributed by atoms with Gasteiger partial charge in [0.25, 0.3) is 0 Å². The first-order valence-corrected chi connectivity index (χ1v) is 9.24. The van der Waals surface area contributed by atoms with Gasteiger partial charge >= 0.3 is 6.03 Å². The lowest BCUT2D eigenvalue weighted by Crippen LogP contribution is -2.41. The van der Waals surface area contributed by atoms with Gasteiger partial charge in [0.1, 0.15) is 5.82 Å². The number of amides is 2. The van der Waals surface area contributed by atoms with Crippen LogP contribution in [0.15, 0.2) is 42.5 Å². The molecule has 0 aliphatic carbocycles. The van der Waals surface area contributed by atoms with Gasteiger partial charge in [-0.15, -0.1) is 0 Å². The maximum Gasteiger partial charge on any atom is 0.321 e. The van der Waals surface area contributed by atoms with Gasteiger partial charge in [0, 0.05) is 29.7 Å². The Bertz CT molecular complexity index is 919. The van der Waals surface area contributed by atoms with Gasteiger partial charge in [-0.25, -0.2) is 9.78 Å². The monoisotopic (exact) mass is 368 g/mol. The van der Waals surface area contributed by atoms with Gasteiger partial charge in [-0.2, -0.15) is 0 Å². The number of halogens is 1. The Labute approximate surface area is 157 Å². The Morgan fingerprint density at radius 1 is 1.31 bits per heavy atom. The highest BCUT2D eigenvalue weighted by atomic mass is 35.5. The Morgan fingerprint density at radius 3 is 3.00 bits per heavy atom. The number of likely N-dealkylation sites (tertiary alicyclic amines) is 1. The number of urea groups is 1. The third-order valence-corrected chi connectivity index (χ3v) is 5.18. The van der Waals surface area contributed by atoms with Crippen molar-refractivity contribution >= 4 is 34.4 Å². The molecular weight excluding hydrogens is 348 g/mol. The van der Waals surface area contributed by atoms with Crippen molar-refractivity contribution in [2.75, 3.05) is 18.4 Å². The van der Waals surface area contributed by atoms with Crippen molar-refractivity contribution in [2.45, 2.75) is 25.7 Å². The normalized spacial score (nSPS) is 17.5. The van der Waals surface area contributed by atoms with Crippen LogP contribution in [0, 0.1) is 6.92 Å². The maximum atomic E-state index is 12.7. The second-order valence-corrected chi connectivity index (χ2v) is 7.25. The number of anilines is 1. The minimum atomic E-state index is -0.0869. The summed E-state index contributed by atoms with van der Waals surface area (Å²) in [5, 5.41) is 3.61. The number of nitrogens with one attached hydrogen (secondary N) is 2. The molecule has 0 radical (unpaired) electrons. The fourth-order valence-electron chi connectivity index (χ4n) is 3.47. The summed E-state index contributed by atoms with van der Waals surface area (Å²) in [7, 11) is 0. The minimum absolute atomic E-state index is 0.0869. The van der Waals surface area contributed by atoms with Gasteiger partial charge < -0.3 is 15.2 Å². The van der Waals surface area contributed by atoms with Gasteiger partial charge in [0.15, 0.2) is 0 Å². The number of hydrogen-bond donors (Lipinski definition) is 2. The molecule has 2 N–H and O–H groups in total. The van der Waals surface area contributed by atoms with Crippen LogP contribution in [0.25, 0.3) is 11.0 Å². The lowest BCUT2D eigenvalue weighted by molar-refractivity contribution is 0.191. The Hall–Kier alpha value is -2.53. The van der Waals surface area contributed by atoms with Crippen molar-refractivity contribution in [3.8, 4) is 0 Å². The average molecular weight is 369 g/mol. The van der Waals surface area contributed by atoms with Crippen molar-refractivity contribution in [1.82, 2.24) is 14.9 Å². The maximum absolute atomic E-state index is 12.7. The first-order valence-electron chi connectivity index (χ1n) is 8.87. The molecule has 2 amide bonds. The Kier molecular flexibility index (Phi) is 4.55. The highest BCUT2D eigenvalue weighted by Gasteiger charge is 2.27. The molecule has 1 saturated heterocycles. The lowest BCUT2D eigenvalue weighted by atomic mass is 9.97. The molecule has 1 aliphatic heterocycles. The highest BCUT2D eigenvalue weighted by molar-refractivity contribution is 6.31. The number of benzene rings is 2. The van der Waals surface area contributed by atoms with Crippen LogP contribution in [0.5, 0.6) is 0 Å². The van der Waals surface area contributed by atoms with E-state index in [4.69, 9.17) is 16.6 Å². The third kappa shape index (κ3) is 3.40. The van der Waals surface area contributed by atoms with E-state index in [0.717, 1.165) is 47.5 Å². The fraction of sp³-hybridized carbons (Fsp3) is 0.300. The van der Waals surface area contributed by atoms with E-state index < -0.39 is 0 Å². The minimum Gasteiger partial charge on any atom is -0.342 e. The van der Waals surface area contributed by atoms with Crippen LogP contribution in [0.2, 0.25) is 5.02 Å². The second-order valence-electron chi connectivity index (χ2n) is 6.81. The van der Waals surface area contributed by atoms with E-state index in [2.05, 4.69) is 10.3 Å². The van der Waals surface area contributed by atoms with Gasteiger partial charge in [-0.1, -0.05) is 29.8 Å². The molecule has 1 unspecified atom stereocenters. The largest absolute Gasteiger partial charge is 0.342 e. The summed E-state index contributed by atoms with van der Waals surface area (Å²) in [4.78, 5) is 22.7. The smallest absolute Gasteiger partial charge is 0.321 e. The van der Waals surface area contributed by atoms with Crippen molar-refractivity contribution < 1.29 is 4.79 Å². The van der Waals surface area contributed by atoms with Crippen molar-refractivity contribution in [3.05, 3.63) is 58.9 Å². The van der Waals surface area contributed by atoms with Gasteiger partial charge in [0.2, 0.25) is 0 Å². The highest BCUT2D eigenvalue weighted by Crippen LogP contribution is 2.28. The predicted octanol–water partition coefficient (Wildman–Crippen LogP) is 4.94. The SMILES string of the molecule is Cc1ccc(Cl)cc1NC(=O)N1CCCC(c2nc3ccccc3[nH]2)C1. The molecule has 1 aromatic heterocycles. The summed E-state index contributed by atoms with van der Waals surface area (Å²) in [5.74, 6) is 1.19. The number of para-hydroxylation sites is 2. The van der Waals surface area contributed by atoms with Crippen LogP contribution < -0.4 is 5.32 Å². The van der Waals surface area contributed by atoms with E-state index in [1.807, 2.05) is 48.2 Å². The first-order chi connectivity index (χ1) is 12.6. The topological polar surface area (TPSA) is 61.0 Å². The van der Waals surface area contributed by atoms with Crippen molar-refractivity contribution in [2.24, 2.45) is 0 Å². The van der Waals surface area contributed by atoms with Crippen LogP contribution in [0.1, 0.15) is 30.1 Å². The molecule has 1 fully saturated rings. The summed E-state index contributed by atoms with van der Waals surface area (Å²) in [6.45, 7) is 3.37. The second kappa shape index (κ2) is 7.00. The van der Waals surface area contributed by atoms with E-state index in [1.54, 1.807) is 6.07 Å². The number of aromatic amines is 1. The molecule has 2 heterocycles. The predicted molar refractivity (Wildman–Crippen MR) is 105 cm³/mol. The van der Waals surface area contributed by atoms with Crippen LogP contribution in [0.4, 0.5) is 10.5 Å². The number of H-pyrrole nitrogens is 1. The lowest BCUT2D eigenvalue weighted by Gasteiger charge is -2.32.